The molecular formula is C15H26N2S. The van der Waals surface area contributed by atoms with Gasteiger partial charge in [-0.25, -0.2) is 4.98 Å². The molecule has 0 bridgehead atoms. The van der Waals surface area contributed by atoms with Crippen molar-refractivity contribution < 1.29 is 0 Å². The number of aromatic nitrogens is 1. The Morgan fingerprint density at radius 3 is 2.94 bits per heavy atom. The van der Waals surface area contributed by atoms with Crippen molar-refractivity contribution in [3.05, 3.63) is 16.6 Å². The summed E-state index contributed by atoms with van der Waals surface area (Å²) in [5.41, 5.74) is 0. The van der Waals surface area contributed by atoms with Gasteiger partial charge in [0.05, 0.1) is 5.01 Å². The Bertz CT molecular complexity index is 323. The molecule has 102 valence electrons. The highest BCUT2D eigenvalue weighted by Crippen LogP contribution is 2.35. The minimum Gasteiger partial charge on any atom is -0.313 e. The molecular weight excluding hydrogens is 240 g/mol. The maximum absolute atomic E-state index is 4.45. The molecule has 1 saturated carbocycles. The molecule has 0 saturated heterocycles. The Kier molecular flexibility index (Phi) is 5.64. The minimum atomic E-state index is 0.646. The van der Waals surface area contributed by atoms with E-state index in [2.05, 4.69) is 29.5 Å². The molecule has 1 aliphatic carbocycles. The summed E-state index contributed by atoms with van der Waals surface area (Å²) in [6.45, 7) is 5.72. The second-order valence-corrected chi connectivity index (χ2v) is 6.52. The molecule has 0 amide bonds. The van der Waals surface area contributed by atoms with Crippen LogP contribution >= 0.6 is 11.3 Å². The van der Waals surface area contributed by atoms with Crippen molar-refractivity contribution in [1.29, 1.82) is 0 Å². The standard InChI is InChI=1S/C15H26N2S/c1-3-7-16-14(11-15-17-8-9-18-15)13-6-5-12(4-2)10-13/h8-9,12-14,16H,3-7,10-11H2,1-2H3. The van der Waals surface area contributed by atoms with E-state index < -0.39 is 0 Å². The predicted molar refractivity (Wildman–Crippen MR) is 79.0 cm³/mol. The maximum Gasteiger partial charge on any atom is 0.0940 e. The third-order valence-corrected chi connectivity index (χ3v) is 5.06. The van der Waals surface area contributed by atoms with Gasteiger partial charge in [-0.15, -0.1) is 11.3 Å². The molecule has 1 heterocycles. The Labute approximate surface area is 115 Å². The van der Waals surface area contributed by atoms with Crippen LogP contribution < -0.4 is 5.32 Å². The summed E-state index contributed by atoms with van der Waals surface area (Å²) in [5.74, 6) is 1.84. The number of thiazole rings is 1. The molecule has 2 nitrogen and oxygen atoms in total. The van der Waals surface area contributed by atoms with Crippen LogP contribution in [0.3, 0.4) is 0 Å². The van der Waals surface area contributed by atoms with Gasteiger partial charge < -0.3 is 5.32 Å². The number of nitrogens with one attached hydrogen (secondary N) is 1. The molecule has 3 unspecified atom stereocenters. The van der Waals surface area contributed by atoms with Crippen LogP contribution in [0.2, 0.25) is 0 Å². The fraction of sp³-hybridized carbons (Fsp3) is 0.800. The van der Waals surface area contributed by atoms with E-state index in [1.54, 1.807) is 11.3 Å². The monoisotopic (exact) mass is 266 g/mol. The molecule has 0 aliphatic heterocycles. The Balaban J connectivity index is 1.92. The van der Waals surface area contributed by atoms with E-state index in [9.17, 15) is 0 Å². The molecule has 0 aromatic carbocycles. The molecule has 1 aromatic heterocycles. The molecule has 1 N–H and O–H groups in total. The van der Waals surface area contributed by atoms with Gasteiger partial charge in [0.25, 0.3) is 0 Å². The van der Waals surface area contributed by atoms with Crippen LogP contribution in [0.15, 0.2) is 11.6 Å². The van der Waals surface area contributed by atoms with Crippen LogP contribution in [0.5, 0.6) is 0 Å². The van der Waals surface area contributed by atoms with E-state index in [0.717, 1.165) is 24.8 Å². The number of hydrogen-bond donors (Lipinski definition) is 1. The lowest BCUT2D eigenvalue weighted by molar-refractivity contribution is 0.343. The van der Waals surface area contributed by atoms with Gasteiger partial charge in [-0.1, -0.05) is 26.7 Å². The lowest BCUT2D eigenvalue weighted by Crippen LogP contribution is -2.37. The molecule has 3 heteroatoms. The van der Waals surface area contributed by atoms with E-state index >= 15 is 0 Å². The molecule has 0 spiro atoms. The zero-order chi connectivity index (χ0) is 12.8. The highest BCUT2D eigenvalue weighted by molar-refractivity contribution is 7.09. The van der Waals surface area contributed by atoms with E-state index in [0.29, 0.717) is 6.04 Å². The fourth-order valence-corrected chi connectivity index (χ4v) is 3.80. The lowest BCUT2D eigenvalue weighted by Gasteiger charge is -2.24. The van der Waals surface area contributed by atoms with Crippen LogP contribution in [0, 0.1) is 11.8 Å². The van der Waals surface area contributed by atoms with Crippen molar-refractivity contribution in [1.82, 2.24) is 10.3 Å². The first-order valence-electron chi connectivity index (χ1n) is 7.45. The van der Waals surface area contributed by atoms with Crippen molar-refractivity contribution in [2.75, 3.05) is 6.54 Å². The third-order valence-electron chi connectivity index (χ3n) is 4.26. The molecule has 0 radical (unpaired) electrons. The fourth-order valence-electron chi connectivity index (χ4n) is 3.13. The predicted octanol–water partition coefficient (Wildman–Crippen LogP) is 3.88. The van der Waals surface area contributed by atoms with Gasteiger partial charge >= 0.3 is 0 Å². The first kappa shape index (κ1) is 14.0. The van der Waals surface area contributed by atoms with Gasteiger partial charge in [0.15, 0.2) is 0 Å². The van der Waals surface area contributed by atoms with Gasteiger partial charge in [0.1, 0.15) is 0 Å². The topological polar surface area (TPSA) is 24.9 Å². The van der Waals surface area contributed by atoms with Gasteiger partial charge in [-0.2, -0.15) is 0 Å². The number of rotatable bonds is 7. The normalized spacial score (nSPS) is 25.4. The highest BCUT2D eigenvalue weighted by atomic mass is 32.1. The summed E-state index contributed by atoms with van der Waals surface area (Å²) in [5, 5.41) is 7.15. The van der Waals surface area contributed by atoms with Gasteiger partial charge in [0, 0.05) is 24.0 Å². The van der Waals surface area contributed by atoms with Crippen molar-refractivity contribution in [2.45, 2.75) is 58.4 Å². The zero-order valence-electron chi connectivity index (χ0n) is 11.7. The second kappa shape index (κ2) is 7.25. The summed E-state index contributed by atoms with van der Waals surface area (Å²) in [6.07, 6.45) is 9.89. The Morgan fingerprint density at radius 2 is 2.33 bits per heavy atom. The molecule has 18 heavy (non-hydrogen) atoms. The average molecular weight is 266 g/mol. The van der Waals surface area contributed by atoms with E-state index in [4.69, 9.17) is 0 Å². The van der Waals surface area contributed by atoms with Gasteiger partial charge in [-0.3, -0.25) is 0 Å². The summed E-state index contributed by atoms with van der Waals surface area (Å²) in [4.78, 5) is 4.45. The average Bonchev–Trinajstić information content (AvgIpc) is 3.05. The van der Waals surface area contributed by atoms with Crippen molar-refractivity contribution in [2.24, 2.45) is 11.8 Å². The van der Waals surface area contributed by atoms with Gasteiger partial charge in [0.2, 0.25) is 0 Å². The maximum atomic E-state index is 4.45. The highest BCUT2D eigenvalue weighted by Gasteiger charge is 2.30. The first-order valence-corrected chi connectivity index (χ1v) is 8.33. The molecule has 1 aliphatic rings. The summed E-state index contributed by atoms with van der Waals surface area (Å²) >= 11 is 1.80. The zero-order valence-corrected chi connectivity index (χ0v) is 12.5. The SMILES string of the molecule is CCCNC(Cc1nccs1)C1CCC(CC)C1. The third kappa shape index (κ3) is 3.79. The molecule has 1 aromatic rings. The Morgan fingerprint density at radius 1 is 1.44 bits per heavy atom. The largest absolute Gasteiger partial charge is 0.313 e. The quantitative estimate of drug-likeness (QED) is 0.810. The van der Waals surface area contributed by atoms with Crippen LogP contribution in [0.1, 0.15) is 51.0 Å². The van der Waals surface area contributed by atoms with Crippen LogP contribution in [-0.2, 0) is 6.42 Å². The first-order chi connectivity index (χ1) is 8.83. The van der Waals surface area contributed by atoms with Crippen molar-refractivity contribution in [3.63, 3.8) is 0 Å². The van der Waals surface area contributed by atoms with E-state index in [1.807, 2.05) is 6.20 Å². The lowest BCUT2D eigenvalue weighted by atomic mass is 9.93. The summed E-state index contributed by atoms with van der Waals surface area (Å²) in [6, 6.07) is 0.646. The van der Waals surface area contributed by atoms with Gasteiger partial charge in [-0.05, 0) is 37.6 Å². The summed E-state index contributed by atoms with van der Waals surface area (Å²) in [7, 11) is 0. The molecule has 2 rings (SSSR count). The molecule has 3 atom stereocenters. The van der Waals surface area contributed by atoms with Crippen molar-refractivity contribution in [3.8, 4) is 0 Å². The van der Waals surface area contributed by atoms with E-state index in [1.165, 1.54) is 37.1 Å². The second-order valence-electron chi connectivity index (χ2n) is 5.54. The Hall–Kier alpha value is -0.410. The number of hydrogen-bond acceptors (Lipinski definition) is 3. The molecule has 1 fully saturated rings. The smallest absolute Gasteiger partial charge is 0.0940 e. The minimum absolute atomic E-state index is 0.646. The number of nitrogens with zero attached hydrogens (tertiary/aromatic N) is 1. The van der Waals surface area contributed by atoms with E-state index in [-0.39, 0.29) is 0 Å². The van der Waals surface area contributed by atoms with Crippen LogP contribution in [0.25, 0.3) is 0 Å². The van der Waals surface area contributed by atoms with Crippen molar-refractivity contribution >= 4 is 11.3 Å². The summed E-state index contributed by atoms with van der Waals surface area (Å²) < 4.78 is 0. The van der Waals surface area contributed by atoms with Crippen LogP contribution in [0.4, 0.5) is 0 Å². The van der Waals surface area contributed by atoms with Crippen LogP contribution in [-0.4, -0.2) is 17.6 Å².